The molecule has 2 nitrogen and oxygen atoms in total. The molecule has 0 aromatic carbocycles. The molecule has 0 aromatic heterocycles. The van der Waals surface area contributed by atoms with Crippen LogP contribution in [0.15, 0.2) is 0 Å². The van der Waals surface area contributed by atoms with Crippen LogP contribution in [0, 0.1) is 11.8 Å². The molecule has 0 aliphatic heterocycles. The van der Waals surface area contributed by atoms with Crippen LogP contribution in [0.3, 0.4) is 0 Å². The van der Waals surface area contributed by atoms with Crippen LogP contribution in [0.5, 0.6) is 0 Å². The maximum atomic E-state index is 11.3. The van der Waals surface area contributed by atoms with Crippen molar-refractivity contribution in [2.24, 2.45) is 17.6 Å². The molecule has 72 valence electrons. The van der Waals surface area contributed by atoms with Gasteiger partial charge in [-0.2, -0.15) is 0 Å². The van der Waals surface area contributed by atoms with Gasteiger partial charge >= 0.3 is 0 Å². The second-order valence-corrected chi connectivity index (χ2v) is 4.21. The number of ketones is 1. The third-order valence-electron chi connectivity index (χ3n) is 1.88. The molecule has 0 spiro atoms. The van der Waals surface area contributed by atoms with Crippen LogP contribution in [-0.4, -0.2) is 11.8 Å². The summed E-state index contributed by atoms with van der Waals surface area (Å²) < 4.78 is 0. The van der Waals surface area contributed by atoms with E-state index in [9.17, 15) is 4.79 Å². The highest BCUT2D eigenvalue weighted by Gasteiger charge is 2.13. The van der Waals surface area contributed by atoms with Crippen molar-refractivity contribution in [3.63, 3.8) is 0 Å². The predicted octanol–water partition coefficient (Wildman–Crippen LogP) is 1.98. The van der Waals surface area contributed by atoms with Gasteiger partial charge in [0.25, 0.3) is 0 Å². The third-order valence-corrected chi connectivity index (χ3v) is 1.88. The number of Topliss-reactive ketones (excluding diaryl/α,β-unsaturated/α-hetero) is 1. The Morgan fingerprint density at radius 2 is 1.75 bits per heavy atom. The summed E-state index contributed by atoms with van der Waals surface area (Å²) in [5.41, 5.74) is 5.79. The standard InChI is InChI=1S/C10H21NO/c1-7(2)5-9(11)6-10(12)8(3)4/h7-9H,5-6,11H2,1-4H3/t9-/m0/s1. The van der Waals surface area contributed by atoms with Crippen LogP contribution < -0.4 is 5.73 Å². The monoisotopic (exact) mass is 171 g/mol. The molecule has 0 amide bonds. The summed E-state index contributed by atoms with van der Waals surface area (Å²) >= 11 is 0. The SMILES string of the molecule is CC(C)C[C@H](N)CC(=O)C(C)C. The van der Waals surface area contributed by atoms with E-state index < -0.39 is 0 Å². The number of rotatable bonds is 5. The molecule has 0 radical (unpaired) electrons. The third kappa shape index (κ3) is 5.30. The van der Waals surface area contributed by atoms with Crippen LogP contribution in [0.25, 0.3) is 0 Å². The molecule has 0 unspecified atom stereocenters. The minimum absolute atomic E-state index is 0.0555. The lowest BCUT2D eigenvalue weighted by Gasteiger charge is -2.14. The first kappa shape index (κ1) is 11.6. The molecule has 12 heavy (non-hydrogen) atoms. The van der Waals surface area contributed by atoms with Crippen molar-refractivity contribution in [2.45, 2.75) is 46.6 Å². The van der Waals surface area contributed by atoms with Gasteiger partial charge in [0.15, 0.2) is 0 Å². The average molecular weight is 171 g/mol. The Morgan fingerprint density at radius 3 is 2.08 bits per heavy atom. The first-order chi connectivity index (χ1) is 5.43. The van der Waals surface area contributed by atoms with Crippen molar-refractivity contribution in [2.75, 3.05) is 0 Å². The zero-order valence-electron chi connectivity index (χ0n) is 8.63. The van der Waals surface area contributed by atoms with Gasteiger partial charge in [-0.1, -0.05) is 27.7 Å². The molecule has 1 atom stereocenters. The molecular weight excluding hydrogens is 150 g/mol. The maximum absolute atomic E-state index is 11.3. The number of carbonyl (C=O) groups excluding carboxylic acids is 1. The molecule has 0 heterocycles. The van der Waals surface area contributed by atoms with E-state index in [1.54, 1.807) is 0 Å². The highest BCUT2D eigenvalue weighted by Crippen LogP contribution is 2.08. The van der Waals surface area contributed by atoms with Gasteiger partial charge in [0.1, 0.15) is 5.78 Å². The van der Waals surface area contributed by atoms with Gasteiger partial charge in [-0.15, -0.1) is 0 Å². The normalized spacial score (nSPS) is 13.9. The molecule has 0 bridgehead atoms. The predicted molar refractivity (Wildman–Crippen MR) is 51.9 cm³/mol. The highest BCUT2D eigenvalue weighted by molar-refractivity contribution is 5.80. The lowest BCUT2D eigenvalue weighted by atomic mass is 9.96. The van der Waals surface area contributed by atoms with E-state index in [2.05, 4.69) is 13.8 Å². The minimum Gasteiger partial charge on any atom is -0.327 e. The Kier molecular flexibility index (Phi) is 5.14. The fraction of sp³-hybridized carbons (Fsp3) is 0.900. The quantitative estimate of drug-likeness (QED) is 0.687. The van der Waals surface area contributed by atoms with E-state index in [-0.39, 0.29) is 17.7 Å². The van der Waals surface area contributed by atoms with Gasteiger partial charge in [0.2, 0.25) is 0 Å². The summed E-state index contributed by atoms with van der Waals surface area (Å²) in [6.07, 6.45) is 1.48. The Bertz CT molecular complexity index is 141. The van der Waals surface area contributed by atoms with Crippen LogP contribution >= 0.6 is 0 Å². The average Bonchev–Trinajstić information content (AvgIpc) is 1.84. The number of nitrogens with two attached hydrogens (primary N) is 1. The van der Waals surface area contributed by atoms with Crippen molar-refractivity contribution in [3.8, 4) is 0 Å². The molecule has 0 aliphatic carbocycles. The van der Waals surface area contributed by atoms with E-state index in [0.717, 1.165) is 6.42 Å². The fourth-order valence-electron chi connectivity index (χ4n) is 1.18. The van der Waals surface area contributed by atoms with E-state index >= 15 is 0 Å². The molecule has 2 heteroatoms. The maximum Gasteiger partial charge on any atom is 0.136 e. The summed E-state index contributed by atoms with van der Waals surface area (Å²) in [5, 5.41) is 0. The molecule has 0 saturated carbocycles. The zero-order chi connectivity index (χ0) is 9.72. The van der Waals surface area contributed by atoms with Crippen LogP contribution in [0.4, 0.5) is 0 Å². The summed E-state index contributed by atoms with van der Waals surface area (Å²) in [7, 11) is 0. The molecule has 0 fully saturated rings. The van der Waals surface area contributed by atoms with Crippen LogP contribution in [0.1, 0.15) is 40.5 Å². The van der Waals surface area contributed by atoms with E-state index in [1.165, 1.54) is 0 Å². The lowest BCUT2D eigenvalue weighted by Crippen LogP contribution is -2.27. The van der Waals surface area contributed by atoms with Crippen molar-refractivity contribution >= 4 is 5.78 Å². The van der Waals surface area contributed by atoms with Gasteiger partial charge < -0.3 is 5.73 Å². The summed E-state index contributed by atoms with van der Waals surface area (Å²) in [6, 6.07) is 0.0555. The molecule has 0 saturated heterocycles. The minimum atomic E-state index is 0.0555. The Morgan fingerprint density at radius 1 is 1.25 bits per heavy atom. The van der Waals surface area contributed by atoms with Crippen molar-refractivity contribution in [3.05, 3.63) is 0 Å². The van der Waals surface area contributed by atoms with Gasteiger partial charge in [-0.05, 0) is 12.3 Å². The zero-order valence-corrected chi connectivity index (χ0v) is 8.63. The molecule has 2 N–H and O–H groups in total. The second kappa shape index (κ2) is 5.31. The van der Waals surface area contributed by atoms with Gasteiger partial charge in [-0.3, -0.25) is 4.79 Å². The Balaban J connectivity index is 3.69. The highest BCUT2D eigenvalue weighted by atomic mass is 16.1. The topological polar surface area (TPSA) is 43.1 Å². The van der Waals surface area contributed by atoms with Crippen molar-refractivity contribution in [1.82, 2.24) is 0 Å². The van der Waals surface area contributed by atoms with Gasteiger partial charge in [-0.25, -0.2) is 0 Å². The number of hydrogen-bond acceptors (Lipinski definition) is 2. The van der Waals surface area contributed by atoms with E-state index in [0.29, 0.717) is 12.3 Å². The summed E-state index contributed by atoms with van der Waals surface area (Å²) in [5.74, 6) is 0.992. The fourth-order valence-corrected chi connectivity index (χ4v) is 1.18. The molecule has 0 rings (SSSR count). The first-order valence-electron chi connectivity index (χ1n) is 4.71. The number of hydrogen-bond donors (Lipinski definition) is 1. The first-order valence-corrected chi connectivity index (χ1v) is 4.71. The van der Waals surface area contributed by atoms with Crippen molar-refractivity contribution < 1.29 is 4.79 Å². The summed E-state index contributed by atoms with van der Waals surface area (Å²) in [6.45, 7) is 8.09. The number of carbonyl (C=O) groups is 1. The largest absolute Gasteiger partial charge is 0.327 e. The van der Waals surface area contributed by atoms with Crippen molar-refractivity contribution in [1.29, 1.82) is 0 Å². The molecular formula is C10H21NO. The molecule has 0 aliphatic rings. The van der Waals surface area contributed by atoms with E-state index in [4.69, 9.17) is 5.73 Å². The molecule has 0 aromatic rings. The van der Waals surface area contributed by atoms with Gasteiger partial charge in [0.05, 0.1) is 0 Å². The van der Waals surface area contributed by atoms with Crippen LogP contribution in [0.2, 0.25) is 0 Å². The lowest BCUT2D eigenvalue weighted by molar-refractivity contribution is -0.122. The van der Waals surface area contributed by atoms with E-state index in [1.807, 2.05) is 13.8 Å². The smallest absolute Gasteiger partial charge is 0.136 e. The van der Waals surface area contributed by atoms with Gasteiger partial charge in [0, 0.05) is 18.4 Å². The summed E-state index contributed by atoms with van der Waals surface area (Å²) in [4.78, 5) is 11.3. The van der Waals surface area contributed by atoms with Crippen LogP contribution in [-0.2, 0) is 4.79 Å². The Hall–Kier alpha value is -0.370. The second-order valence-electron chi connectivity index (χ2n) is 4.21. The Labute approximate surface area is 75.5 Å².